The summed E-state index contributed by atoms with van der Waals surface area (Å²) in [5, 5.41) is 4.15. The van der Waals surface area contributed by atoms with Gasteiger partial charge in [-0.2, -0.15) is 0 Å². The van der Waals surface area contributed by atoms with Crippen LogP contribution >= 0.6 is 47.3 Å². The van der Waals surface area contributed by atoms with Gasteiger partial charge in [0.25, 0.3) is 0 Å². The first-order valence-corrected chi connectivity index (χ1v) is 9.51. The molecule has 2 rings (SSSR count). The molecule has 0 aromatic heterocycles. The standard InChI is InChI=1S/C17H26ClN3OS.HI/c1-3-19-17(21(2)12-14-8-10-22-13-14)20-9-11-23-16-6-4-15(18)5-7-16;/h4-7,14H,3,8-13H2,1-2H3,(H,19,20);1H. The van der Waals surface area contributed by atoms with Crippen LogP contribution in [0.25, 0.3) is 0 Å². The lowest BCUT2D eigenvalue weighted by molar-refractivity contribution is 0.181. The molecule has 1 aromatic carbocycles. The van der Waals surface area contributed by atoms with Crippen LogP contribution in [-0.2, 0) is 4.74 Å². The summed E-state index contributed by atoms with van der Waals surface area (Å²) in [7, 11) is 2.10. The van der Waals surface area contributed by atoms with E-state index in [1.807, 2.05) is 24.3 Å². The van der Waals surface area contributed by atoms with Crippen molar-refractivity contribution in [1.82, 2.24) is 10.2 Å². The number of thioether (sulfide) groups is 1. The highest BCUT2D eigenvalue weighted by Gasteiger charge is 2.18. The molecule has 4 nitrogen and oxygen atoms in total. The molecule has 0 saturated carbocycles. The number of halogens is 2. The van der Waals surface area contributed by atoms with E-state index in [1.165, 1.54) is 4.90 Å². The quantitative estimate of drug-likeness (QED) is 0.209. The maximum Gasteiger partial charge on any atom is 0.193 e. The van der Waals surface area contributed by atoms with Crippen molar-refractivity contribution in [3.05, 3.63) is 29.3 Å². The predicted molar refractivity (Wildman–Crippen MR) is 115 cm³/mol. The van der Waals surface area contributed by atoms with Gasteiger partial charge in [0.15, 0.2) is 5.96 Å². The van der Waals surface area contributed by atoms with Crippen LogP contribution in [0, 0.1) is 5.92 Å². The van der Waals surface area contributed by atoms with Crippen molar-refractivity contribution in [2.75, 3.05) is 45.6 Å². The molecule has 1 aliphatic rings. The van der Waals surface area contributed by atoms with Crippen LogP contribution in [0.4, 0.5) is 0 Å². The van der Waals surface area contributed by atoms with Crippen molar-refractivity contribution < 1.29 is 4.74 Å². The van der Waals surface area contributed by atoms with E-state index in [2.05, 4.69) is 24.2 Å². The largest absolute Gasteiger partial charge is 0.381 e. The number of benzene rings is 1. The van der Waals surface area contributed by atoms with Gasteiger partial charge in [-0.3, -0.25) is 4.99 Å². The molecule has 136 valence electrons. The van der Waals surface area contributed by atoms with Gasteiger partial charge in [0.2, 0.25) is 0 Å². The van der Waals surface area contributed by atoms with Gasteiger partial charge in [-0.15, -0.1) is 35.7 Å². The summed E-state index contributed by atoms with van der Waals surface area (Å²) >= 11 is 7.70. The maximum atomic E-state index is 5.90. The zero-order valence-electron chi connectivity index (χ0n) is 14.3. The number of hydrogen-bond donors (Lipinski definition) is 1. The Hall–Kier alpha value is -0.180. The van der Waals surface area contributed by atoms with Gasteiger partial charge in [-0.25, -0.2) is 0 Å². The second-order valence-electron chi connectivity index (χ2n) is 5.65. The first-order valence-electron chi connectivity index (χ1n) is 8.14. The fourth-order valence-electron chi connectivity index (χ4n) is 2.52. The monoisotopic (exact) mass is 483 g/mol. The van der Waals surface area contributed by atoms with Crippen molar-refractivity contribution in [2.45, 2.75) is 18.2 Å². The number of nitrogens with zero attached hydrogens (tertiary/aromatic N) is 2. The average Bonchev–Trinajstić information content (AvgIpc) is 3.05. The number of guanidine groups is 1. The topological polar surface area (TPSA) is 36.9 Å². The van der Waals surface area contributed by atoms with Crippen molar-refractivity contribution in [3.63, 3.8) is 0 Å². The Morgan fingerprint density at radius 3 is 2.79 bits per heavy atom. The highest BCUT2D eigenvalue weighted by molar-refractivity contribution is 14.0. The normalized spacial score (nSPS) is 17.5. The lowest BCUT2D eigenvalue weighted by Crippen LogP contribution is -2.41. The molecule has 1 aliphatic heterocycles. The molecule has 0 radical (unpaired) electrons. The number of ether oxygens (including phenoxy) is 1. The third-order valence-electron chi connectivity index (χ3n) is 3.69. The SMILES string of the molecule is CCNC(=NCCSc1ccc(Cl)cc1)N(C)CC1CCOC1.I. The summed E-state index contributed by atoms with van der Waals surface area (Å²) in [6.07, 6.45) is 1.15. The van der Waals surface area contributed by atoms with Gasteiger partial charge in [0, 0.05) is 48.3 Å². The van der Waals surface area contributed by atoms with E-state index >= 15 is 0 Å². The molecular formula is C17H27ClIN3OS. The Labute approximate surface area is 171 Å². The highest BCUT2D eigenvalue weighted by atomic mass is 127. The molecule has 1 saturated heterocycles. The Bertz CT molecular complexity index is 495. The van der Waals surface area contributed by atoms with E-state index in [0.29, 0.717) is 5.92 Å². The van der Waals surface area contributed by atoms with Crippen LogP contribution in [-0.4, -0.2) is 56.5 Å². The van der Waals surface area contributed by atoms with E-state index < -0.39 is 0 Å². The molecule has 0 spiro atoms. The Morgan fingerprint density at radius 2 is 2.17 bits per heavy atom. The fraction of sp³-hybridized carbons (Fsp3) is 0.588. The van der Waals surface area contributed by atoms with Crippen LogP contribution in [0.1, 0.15) is 13.3 Å². The Kier molecular flexibility index (Phi) is 11.1. The van der Waals surface area contributed by atoms with E-state index in [9.17, 15) is 0 Å². The summed E-state index contributed by atoms with van der Waals surface area (Å²) in [5.41, 5.74) is 0. The number of hydrogen-bond acceptors (Lipinski definition) is 3. The second kappa shape index (κ2) is 12.2. The average molecular weight is 484 g/mol. The highest BCUT2D eigenvalue weighted by Crippen LogP contribution is 2.20. The van der Waals surface area contributed by atoms with Crippen molar-refractivity contribution >= 4 is 53.3 Å². The fourth-order valence-corrected chi connectivity index (χ4v) is 3.39. The van der Waals surface area contributed by atoms with Gasteiger partial charge in [0.05, 0.1) is 13.2 Å². The summed E-state index contributed by atoms with van der Waals surface area (Å²) in [4.78, 5) is 8.18. The number of rotatable bonds is 7. The summed E-state index contributed by atoms with van der Waals surface area (Å²) in [6.45, 7) is 6.54. The van der Waals surface area contributed by atoms with E-state index in [-0.39, 0.29) is 24.0 Å². The van der Waals surface area contributed by atoms with Crippen molar-refractivity contribution in [2.24, 2.45) is 10.9 Å². The molecule has 0 bridgehead atoms. The first-order chi connectivity index (χ1) is 11.2. The molecular weight excluding hydrogens is 457 g/mol. The lowest BCUT2D eigenvalue weighted by atomic mass is 10.1. The van der Waals surface area contributed by atoms with Crippen LogP contribution in [0.3, 0.4) is 0 Å². The van der Waals surface area contributed by atoms with E-state index in [1.54, 1.807) is 11.8 Å². The van der Waals surface area contributed by atoms with Gasteiger partial charge < -0.3 is 15.0 Å². The second-order valence-corrected chi connectivity index (χ2v) is 7.25. The van der Waals surface area contributed by atoms with Gasteiger partial charge in [-0.1, -0.05) is 11.6 Å². The van der Waals surface area contributed by atoms with Crippen LogP contribution in [0.5, 0.6) is 0 Å². The molecule has 1 fully saturated rings. The zero-order chi connectivity index (χ0) is 16.5. The summed E-state index contributed by atoms with van der Waals surface area (Å²) in [6, 6.07) is 7.95. The summed E-state index contributed by atoms with van der Waals surface area (Å²) < 4.78 is 5.45. The van der Waals surface area contributed by atoms with Gasteiger partial charge >= 0.3 is 0 Å². The molecule has 1 unspecified atom stereocenters. The smallest absolute Gasteiger partial charge is 0.193 e. The predicted octanol–water partition coefficient (Wildman–Crippen LogP) is 3.98. The molecule has 1 N–H and O–H groups in total. The minimum absolute atomic E-state index is 0. The Balaban J connectivity index is 0.00000288. The molecule has 1 atom stereocenters. The maximum absolute atomic E-state index is 5.90. The molecule has 0 aliphatic carbocycles. The molecule has 7 heteroatoms. The van der Waals surface area contributed by atoms with Gasteiger partial charge in [-0.05, 0) is 37.6 Å². The minimum atomic E-state index is 0. The van der Waals surface area contributed by atoms with Gasteiger partial charge in [0.1, 0.15) is 0 Å². The molecule has 24 heavy (non-hydrogen) atoms. The third kappa shape index (κ3) is 7.80. The lowest BCUT2D eigenvalue weighted by Gasteiger charge is -2.24. The molecule has 1 aromatic rings. The summed E-state index contributed by atoms with van der Waals surface area (Å²) in [5.74, 6) is 2.56. The zero-order valence-corrected chi connectivity index (χ0v) is 18.2. The minimum Gasteiger partial charge on any atom is -0.381 e. The first kappa shape index (κ1) is 21.9. The van der Waals surface area contributed by atoms with Crippen LogP contribution < -0.4 is 5.32 Å². The van der Waals surface area contributed by atoms with Crippen molar-refractivity contribution in [1.29, 1.82) is 0 Å². The van der Waals surface area contributed by atoms with E-state index in [4.69, 9.17) is 21.3 Å². The Morgan fingerprint density at radius 1 is 1.42 bits per heavy atom. The van der Waals surface area contributed by atoms with Crippen LogP contribution in [0.15, 0.2) is 34.2 Å². The van der Waals surface area contributed by atoms with Crippen molar-refractivity contribution in [3.8, 4) is 0 Å². The number of nitrogens with one attached hydrogen (secondary N) is 1. The number of aliphatic imine (C=N–C) groups is 1. The molecule has 0 amide bonds. The molecule has 1 heterocycles. The van der Waals surface area contributed by atoms with Crippen LogP contribution in [0.2, 0.25) is 5.02 Å². The van der Waals surface area contributed by atoms with E-state index in [0.717, 1.165) is 56.0 Å². The third-order valence-corrected chi connectivity index (χ3v) is 4.93.